The molecule has 0 bridgehead atoms. The number of amides is 1. The highest BCUT2D eigenvalue weighted by Crippen LogP contribution is 2.07. The summed E-state index contributed by atoms with van der Waals surface area (Å²) in [5.74, 6) is -0.168. The fourth-order valence-corrected chi connectivity index (χ4v) is 1.48. The summed E-state index contributed by atoms with van der Waals surface area (Å²) in [7, 11) is 0. The van der Waals surface area contributed by atoms with Crippen LogP contribution in [0.1, 0.15) is 12.5 Å². The van der Waals surface area contributed by atoms with Gasteiger partial charge in [0.25, 0.3) is 0 Å². The predicted molar refractivity (Wildman–Crippen MR) is 59.9 cm³/mol. The summed E-state index contributed by atoms with van der Waals surface area (Å²) in [4.78, 5) is 11.0. The van der Waals surface area contributed by atoms with Crippen LogP contribution in [0.3, 0.4) is 0 Å². The van der Waals surface area contributed by atoms with Crippen LogP contribution in [0.4, 0.5) is 0 Å². The molecule has 1 atom stereocenters. The number of carbonyl (C=O) groups is 1. The largest absolute Gasteiger partial charge is 0.337 e. The molecule has 1 amide bonds. The smallest absolute Gasteiger partial charge is 0.218 e. The maximum atomic E-state index is 11.0. The normalized spacial score (nSPS) is 14.3. The molecular weight excluding hydrogens is 190 g/mol. The molecule has 0 aromatic heterocycles. The van der Waals surface area contributed by atoms with Gasteiger partial charge >= 0.3 is 0 Å². The van der Waals surface area contributed by atoms with E-state index in [2.05, 4.69) is 5.32 Å². The van der Waals surface area contributed by atoms with Crippen molar-refractivity contribution in [2.75, 3.05) is 6.54 Å². The lowest BCUT2D eigenvalue weighted by Crippen LogP contribution is -2.61. The van der Waals surface area contributed by atoms with Crippen molar-refractivity contribution in [1.29, 1.82) is 0 Å². The lowest BCUT2D eigenvalue weighted by atomic mass is 10.0. The van der Waals surface area contributed by atoms with Crippen molar-refractivity contribution in [3.8, 4) is 0 Å². The number of hydrogen-bond acceptors (Lipinski definition) is 3. The zero-order valence-electron chi connectivity index (χ0n) is 8.86. The highest BCUT2D eigenvalue weighted by molar-refractivity contribution is 5.73. The van der Waals surface area contributed by atoms with Gasteiger partial charge in [0.05, 0.1) is 0 Å². The van der Waals surface area contributed by atoms with Gasteiger partial charge in [0.1, 0.15) is 5.66 Å². The Bertz CT molecular complexity index is 326. The summed E-state index contributed by atoms with van der Waals surface area (Å²) >= 11 is 0. The molecule has 82 valence electrons. The molecule has 4 heteroatoms. The van der Waals surface area contributed by atoms with Gasteiger partial charge in [-0.25, -0.2) is 0 Å². The average Bonchev–Trinajstić information content (AvgIpc) is 2.18. The summed E-state index contributed by atoms with van der Waals surface area (Å²) in [6, 6.07) is 9.71. The minimum atomic E-state index is -0.854. The molecule has 0 aliphatic heterocycles. The first-order chi connectivity index (χ1) is 7.06. The summed E-state index contributed by atoms with van der Waals surface area (Å²) < 4.78 is 0. The maximum Gasteiger partial charge on any atom is 0.218 e. The molecule has 1 aromatic rings. The third kappa shape index (κ3) is 3.69. The van der Waals surface area contributed by atoms with E-state index in [0.717, 1.165) is 5.56 Å². The lowest BCUT2D eigenvalue weighted by Gasteiger charge is -2.28. The standard InChI is InChI=1S/C11H17N3O/c1-9(15)14-11(13,8-12)7-10-5-3-2-4-6-10/h2-6H,7-8,12-13H2,1H3,(H,14,15)/t11-/m1/s1. The third-order valence-corrected chi connectivity index (χ3v) is 2.15. The minimum absolute atomic E-state index is 0.168. The summed E-state index contributed by atoms with van der Waals surface area (Å²) in [6.07, 6.45) is 0.532. The maximum absolute atomic E-state index is 11.0. The van der Waals surface area contributed by atoms with Crippen LogP contribution in [-0.4, -0.2) is 18.1 Å². The number of hydrogen-bond donors (Lipinski definition) is 3. The average molecular weight is 207 g/mol. The van der Waals surface area contributed by atoms with Crippen LogP contribution in [0.2, 0.25) is 0 Å². The van der Waals surface area contributed by atoms with Crippen LogP contribution in [0.25, 0.3) is 0 Å². The number of rotatable bonds is 4. The van der Waals surface area contributed by atoms with E-state index in [1.807, 2.05) is 30.3 Å². The van der Waals surface area contributed by atoms with E-state index in [4.69, 9.17) is 11.5 Å². The number of nitrogens with two attached hydrogens (primary N) is 2. The molecule has 0 unspecified atom stereocenters. The molecule has 5 N–H and O–H groups in total. The second kappa shape index (κ2) is 4.91. The van der Waals surface area contributed by atoms with Crippen molar-refractivity contribution in [2.24, 2.45) is 11.5 Å². The quantitative estimate of drug-likeness (QED) is 0.607. The molecule has 0 spiro atoms. The van der Waals surface area contributed by atoms with E-state index < -0.39 is 5.66 Å². The zero-order valence-corrected chi connectivity index (χ0v) is 8.86. The Hall–Kier alpha value is -1.39. The van der Waals surface area contributed by atoms with E-state index in [0.29, 0.717) is 6.42 Å². The predicted octanol–water partition coefficient (Wildman–Crippen LogP) is -0.0211. The van der Waals surface area contributed by atoms with Crippen LogP contribution in [0, 0.1) is 0 Å². The number of benzene rings is 1. The van der Waals surface area contributed by atoms with Gasteiger partial charge in [-0.2, -0.15) is 0 Å². The number of carbonyl (C=O) groups excluding carboxylic acids is 1. The van der Waals surface area contributed by atoms with Gasteiger partial charge in [0.2, 0.25) is 5.91 Å². The molecule has 4 nitrogen and oxygen atoms in total. The lowest BCUT2D eigenvalue weighted by molar-refractivity contribution is -0.120. The van der Waals surface area contributed by atoms with Gasteiger partial charge in [-0.15, -0.1) is 0 Å². The Morgan fingerprint density at radius 2 is 2.00 bits per heavy atom. The Morgan fingerprint density at radius 1 is 1.40 bits per heavy atom. The van der Waals surface area contributed by atoms with Gasteiger partial charge < -0.3 is 16.8 Å². The first kappa shape index (κ1) is 11.7. The van der Waals surface area contributed by atoms with Crippen molar-refractivity contribution >= 4 is 5.91 Å². The molecule has 0 radical (unpaired) electrons. The Balaban J connectivity index is 2.72. The van der Waals surface area contributed by atoms with Crippen LogP contribution >= 0.6 is 0 Å². The van der Waals surface area contributed by atoms with E-state index in [1.165, 1.54) is 6.92 Å². The number of nitrogens with one attached hydrogen (secondary N) is 1. The molecule has 0 saturated heterocycles. The van der Waals surface area contributed by atoms with E-state index >= 15 is 0 Å². The van der Waals surface area contributed by atoms with E-state index in [-0.39, 0.29) is 12.5 Å². The van der Waals surface area contributed by atoms with E-state index in [1.54, 1.807) is 0 Å². The second-order valence-electron chi connectivity index (χ2n) is 3.70. The monoisotopic (exact) mass is 207 g/mol. The molecule has 0 fully saturated rings. The van der Waals surface area contributed by atoms with Gasteiger partial charge in [-0.3, -0.25) is 4.79 Å². The fourth-order valence-electron chi connectivity index (χ4n) is 1.48. The topological polar surface area (TPSA) is 81.1 Å². The Morgan fingerprint density at radius 3 is 2.47 bits per heavy atom. The summed E-state index contributed by atoms with van der Waals surface area (Å²) in [5, 5.41) is 2.67. The third-order valence-electron chi connectivity index (χ3n) is 2.15. The van der Waals surface area contributed by atoms with Gasteiger partial charge in [0.15, 0.2) is 0 Å². The van der Waals surface area contributed by atoms with Gasteiger partial charge in [-0.05, 0) is 5.56 Å². The summed E-state index contributed by atoms with van der Waals surface area (Å²) in [6.45, 7) is 1.64. The molecule has 0 aliphatic carbocycles. The molecule has 15 heavy (non-hydrogen) atoms. The van der Waals surface area contributed by atoms with Crippen molar-refractivity contribution in [3.63, 3.8) is 0 Å². The minimum Gasteiger partial charge on any atom is -0.337 e. The molecule has 0 saturated carbocycles. The zero-order chi connectivity index (χ0) is 11.3. The van der Waals surface area contributed by atoms with Gasteiger partial charge in [-0.1, -0.05) is 30.3 Å². The Labute approximate surface area is 89.6 Å². The van der Waals surface area contributed by atoms with E-state index in [9.17, 15) is 4.79 Å². The molecule has 1 aromatic carbocycles. The van der Waals surface area contributed by atoms with Crippen LogP contribution < -0.4 is 16.8 Å². The molecule has 0 aliphatic rings. The second-order valence-corrected chi connectivity index (χ2v) is 3.70. The van der Waals surface area contributed by atoms with Crippen molar-refractivity contribution in [3.05, 3.63) is 35.9 Å². The SMILES string of the molecule is CC(=O)N[C@@](N)(CN)Cc1ccccc1. The van der Waals surface area contributed by atoms with Crippen molar-refractivity contribution in [1.82, 2.24) is 5.32 Å². The van der Waals surface area contributed by atoms with Gasteiger partial charge in [0, 0.05) is 19.9 Å². The van der Waals surface area contributed by atoms with Crippen molar-refractivity contribution in [2.45, 2.75) is 19.0 Å². The molecule has 0 heterocycles. The fraction of sp³-hybridized carbons (Fsp3) is 0.364. The highest BCUT2D eigenvalue weighted by atomic mass is 16.1. The van der Waals surface area contributed by atoms with Crippen LogP contribution in [0.5, 0.6) is 0 Å². The van der Waals surface area contributed by atoms with Crippen molar-refractivity contribution < 1.29 is 4.79 Å². The summed E-state index contributed by atoms with van der Waals surface area (Å²) in [5.41, 5.74) is 11.7. The first-order valence-electron chi connectivity index (χ1n) is 4.87. The van der Waals surface area contributed by atoms with Crippen LogP contribution in [-0.2, 0) is 11.2 Å². The highest BCUT2D eigenvalue weighted by Gasteiger charge is 2.24. The molecule has 1 rings (SSSR count). The molecular formula is C11H17N3O. The van der Waals surface area contributed by atoms with Crippen LogP contribution in [0.15, 0.2) is 30.3 Å². The Kier molecular flexibility index (Phi) is 3.82. The first-order valence-corrected chi connectivity index (χ1v) is 4.87.